The monoisotopic (exact) mass is 186 g/mol. The molecule has 4 nitrogen and oxygen atoms in total. The van der Waals surface area contributed by atoms with Crippen molar-refractivity contribution in [2.45, 2.75) is 12.3 Å². The van der Waals surface area contributed by atoms with Crippen molar-refractivity contribution in [2.75, 3.05) is 13.1 Å². The smallest absolute Gasteiger partial charge is 0.162 e. The second kappa shape index (κ2) is 4.57. The Kier molecular flexibility index (Phi) is 2.92. The molecule has 0 fully saturated rings. The molecule has 2 aliphatic heterocycles. The van der Waals surface area contributed by atoms with Crippen molar-refractivity contribution in [3.05, 3.63) is 0 Å². The van der Waals surface area contributed by atoms with Gasteiger partial charge >= 0.3 is 0 Å². The van der Waals surface area contributed by atoms with Gasteiger partial charge in [-0.2, -0.15) is 0 Å². The van der Waals surface area contributed by atoms with Crippen molar-refractivity contribution in [3.8, 4) is 23.7 Å². The zero-order valence-electron chi connectivity index (χ0n) is 7.62. The van der Waals surface area contributed by atoms with E-state index >= 15 is 0 Å². The van der Waals surface area contributed by atoms with Crippen molar-refractivity contribution < 1.29 is 0 Å². The van der Waals surface area contributed by atoms with Crippen LogP contribution in [0.5, 0.6) is 0 Å². The summed E-state index contributed by atoms with van der Waals surface area (Å²) >= 11 is 0. The van der Waals surface area contributed by atoms with E-state index < -0.39 is 0 Å². The predicted molar refractivity (Wildman–Crippen MR) is 56.1 cm³/mol. The van der Waals surface area contributed by atoms with Crippen LogP contribution in [-0.4, -0.2) is 37.9 Å². The molecule has 2 aliphatic rings. The fourth-order valence-corrected chi connectivity index (χ4v) is 1.14. The summed E-state index contributed by atoms with van der Waals surface area (Å²) in [5.41, 5.74) is 0. The third-order valence-electron chi connectivity index (χ3n) is 1.79. The highest BCUT2D eigenvalue weighted by Gasteiger charge is 2.03. The Morgan fingerprint density at radius 2 is 1.43 bits per heavy atom. The van der Waals surface area contributed by atoms with Crippen molar-refractivity contribution >= 4 is 12.4 Å². The molecule has 2 rings (SSSR count). The number of aliphatic imine (C=N–C) groups is 2. The second-order valence-electron chi connectivity index (χ2n) is 2.82. The van der Waals surface area contributed by atoms with E-state index in [0.29, 0.717) is 0 Å². The lowest BCUT2D eigenvalue weighted by Crippen LogP contribution is -2.20. The number of hydrogen-bond acceptors (Lipinski definition) is 4. The van der Waals surface area contributed by atoms with Crippen molar-refractivity contribution in [1.29, 1.82) is 0 Å². The van der Waals surface area contributed by atoms with Crippen LogP contribution in [0.1, 0.15) is 0 Å². The number of hydrogen-bond donors (Lipinski definition) is 2. The highest BCUT2D eigenvalue weighted by atomic mass is 15.1. The Morgan fingerprint density at radius 3 is 1.79 bits per heavy atom. The third kappa shape index (κ3) is 2.43. The van der Waals surface area contributed by atoms with Gasteiger partial charge in [-0.1, -0.05) is 0 Å². The molecule has 0 aromatic rings. The van der Waals surface area contributed by atoms with Gasteiger partial charge in [-0.3, -0.25) is 20.6 Å². The summed E-state index contributed by atoms with van der Waals surface area (Å²) in [7, 11) is 0. The first-order chi connectivity index (χ1) is 6.95. The van der Waals surface area contributed by atoms with E-state index in [9.17, 15) is 0 Å². The van der Waals surface area contributed by atoms with E-state index in [1.165, 1.54) is 0 Å². The molecule has 0 aromatic carbocycles. The molecule has 2 N–H and O–H groups in total. The summed E-state index contributed by atoms with van der Waals surface area (Å²) in [6, 6.07) is 0. The summed E-state index contributed by atoms with van der Waals surface area (Å²) in [6.45, 7) is 1.59. The lowest BCUT2D eigenvalue weighted by molar-refractivity contribution is 0.738. The van der Waals surface area contributed by atoms with Crippen LogP contribution in [0.4, 0.5) is 0 Å². The van der Waals surface area contributed by atoms with Crippen LogP contribution in [0.15, 0.2) is 9.98 Å². The quantitative estimate of drug-likeness (QED) is 0.476. The summed E-state index contributed by atoms with van der Waals surface area (Å²) in [5, 5.41) is 6.15. The standard InChI is InChI=1S/C10H10N4/c1(3-9-11-5-6-12-9)2-4-10-13-7-8-14-10/h5,7,9-10,12,14H,6,8H2. The summed E-state index contributed by atoms with van der Waals surface area (Å²) < 4.78 is 0. The average Bonchev–Trinajstić information content (AvgIpc) is 2.86. The van der Waals surface area contributed by atoms with Gasteiger partial charge in [0.05, 0.1) is 0 Å². The lowest BCUT2D eigenvalue weighted by Gasteiger charge is -1.94. The fraction of sp³-hybridized carbons (Fsp3) is 0.400. The van der Waals surface area contributed by atoms with Crippen LogP contribution < -0.4 is 10.6 Å². The highest BCUT2D eigenvalue weighted by molar-refractivity contribution is 5.63. The molecular weight excluding hydrogens is 176 g/mol. The molecule has 0 spiro atoms. The Morgan fingerprint density at radius 1 is 0.929 bits per heavy atom. The number of rotatable bonds is 0. The predicted octanol–water partition coefficient (Wildman–Crippen LogP) is -1.01. The minimum Gasteiger partial charge on any atom is -0.280 e. The maximum Gasteiger partial charge on any atom is 0.162 e. The molecule has 14 heavy (non-hydrogen) atoms. The summed E-state index contributed by atoms with van der Waals surface area (Å²) in [5.74, 6) is 11.3. The van der Waals surface area contributed by atoms with Crippen LogP contribution in [0.3, 0.4) is 0 Å². The second-order valence-corrected chi connectivity index (χ2v) is 2.82. The first kappa shape index (κ1) is 8.96. The maximum absolute atomic E-state index is 4.08. The minimum atomic E-state index is -0.0793. The van der Waals surface area contributed by atoms with Gasteiger partial charge in [-0.05, 0) is 23.7 Å². The fourth-order valence-electron chi connectivity index (χ4n) is 1.14. The maximum atomic E-state index is 4.08. The van der Waals surface area contributed by atoms with E-state index in [1.807, 2.05) is 12.4 Å². The van der Waals surface area contributed by atoms with E-state index in [0.717, 1.165) is 13.1 Å². The molecule has 0 aromatic heterocycles. The average molecular weight is 186 g/mol. The Hall–Kier alpha value is -1.62. The molecular formula is C10H10N4. The molecule has 2 atom stereocenters. The van der Waals surface area contributed by atoms with Gasteiger partial charge in [0, 0.05) is 25.5 Å². The first-order valence-corrected chi connectivity index (χ1v) is 4.46. The largest absolute Gasteiger partial charge is 0.280 e. The van der Waals surface area contributed by atoms with Crippen molar-refractivity contribution in [1.82, 2.24) is 10.6 Å². The molecule has 0 radical (unpaired) electrons. The number of nitrogens with zero attached hydrogens (tertiary/aromatic N) is 2. The summed E-state index contributed by atoms with van der Waals surface area (Å²) in [4.78, 5) is 8.16. The van der Waals surface area contributed by atoms with Crippen LogP contribution >= 0.6 is 0 Å². The van der Waals surface area contributed by atoms with E-state index in [2.05, 4.69) is 44.3 Å². The molecule has 0 bridgehead atoms. The van der Waals surface area contributed by atoms with E-state index in [-0.39, 0.29) is 12.3 Å². The Bertz CT molecular complexity index is 336. The van der Waals surface area contributed by atoms with Gasteiger partial charge in [-0.25, -0.2) is 0 Å². The number of nitrogens with one attached hydrogen (secondary N) is 2. The molecule has 4 heteroatoms. The normalized spacial score (nSPS) is 28.0. The van der Waals surface area contributed by atoms with Crippen LogP contribution in [0.2, 0.25) is 0 Å². The van der Waals surface area contributed by atoms with Gasteiger partial charge in [0.15, 0.2) is 12.3 Å². The van der Waals surface area contributed by atoms with Gasteiger partial charge in [0.2, 0.25) is 0 Å². The Labute approximate surface area is 82.9 Å². The Balaban J connectivity index is 1.85. The third-order valence-corrected chi connectivity index (χ3v) is 1.79. The van der Waals surface area contributed by atoms with E-state index in [4.69, 9.17) is 0 Å². The van der Waals surface area contributed by atoms with Crippen LogP contribution in [0.25, 0.3) is 0 Å². The van der Waals surface area contributed by atoms with Crippen LogP contribution in [-0.2, 0) is 0 Å². The van der Waals surface area contributed by atoms with Crippen molar-refractivity contribution in [3.63, 3.8) is 0 Å². The minimum absolute atomic E-state index is 0.0793. The zero-order chi connectivity index (χ0) is 9.64. The van der Waals surface area contributed by atoms with Gasteiger partial charge in [-0.15, -0.1) is 0 Å². The molecule has 2 heterocycles. The molecule has 0 amide bonds. The van der Waals surface area contributed by atoms with Crippen LogP contribution in [0, 0.1) is 23.7 Å². The topological polar surface area (TPSA) is 48.8 Å². The zero-order valence-corrected chi connectivity index (χ0v) is 7.62. The SMILES string of the molecule is C(C#CC1N=CCN1)#CC1N=CCN1. The molecule has 70 valence electrons. The highest BCUT2D eigenvalue weighted by Crippen LogP contribution is 1.88. The molecule has 2 unspecified atom stereocenters. The molecule has 0 saturated heterocycles. The molecule has 0 aliphatic carbocycles. The summed E-state index contributed by atoms with van der Waals surface area (Å²) in [6.07, 6.45) is 3.47. The van der Waals surface area contributed by atoms with Gasteiger partial charge < -0.3 is 0 Å². The van der Waals surface area contributed by atoms with E-state index in [1.54, 1.807) is 0 Å². The van der Waals surface area contributed by atoms with Gasteiger partial charge in [0.25, 0.3) is 0 Å². The van der Waals surface area contributed by atoms with Gasteiger partial charge in [0.1, 0.15) is 0 Å². The molecule has 0 saturated carbocycles. The lowest BCUT2D eigenvalue weighted by atomic mass is 10.4. The first-order valence-electron chi connectivity index (χ1n) is 4.46. The van der Waals surface area contributed by atoms with Crippen molar-refractivity contribution in [2.24, 2.45) is 9.98 Å².